The molecule has 0 unspecified atom stereocenters. The van der Waals surface area contributed by atoms with Gasteiger partial charge >= 0.3 is 5.69 Å². The summed E-state index contributed by atoms with van der Waals surface area (Å²) < 4.78 is 1.61. The van der Waals surface area contributed by atoms with Gasteiger partial charge in [0.15, 0.2) is 5.65 Å². The number of H-pyrrole nitrogens is 2. The molecule has 2 fully saturated rings. The number of hydrogen-bond acceptors (Lipinski definition) is 8. The van der Waals surface area contributed by atoms with Crippen molar-refractivity contribution < 1.29 is 5.11 Å². The average Bonchev–Trinajstić information content (AvgIpc) is 3.52. The molecule has 0 amide bonds. The summed E-state index contributed by atoms with van der Waals surface area (Å²) in [7, 11) is 0. The van der Waals surface area contributed by atoms with Crippen molar-refractivity contribution in [2.75, 3.05) is 18.0 Å². The lowest BCUT2D eigenvalue weighted by molar-refractivity contribution is 0.454. The molecule has 3 N–H and O–H groups in total. The van der Waals surface area contributed by atoms with Gasteiger partial charge in [-0.05, 0) is 55.4 Å². The van der Waals surface area contributed by atoms with E-state index in [9.17, 15) is 15.2 Å². The predicted octanol–water partition coefficient (Wildman–Crippen LogP) is 0.713. The molecule has 0 bridgehead atoms. The number of imidazole rings is 1. The minimum Gasteiger partial charge on any atom is -0.493 e. The first-order valence-electron chi connectivity index (χ1n) is 11.6. The van der Waals surface area contributed by atoms with Crippen LogP contribution in [0.3, 0.4) is 0 Å². The quantitative estimate of drug-likeness (QED) is 0.398. The Bertz CT molecular complexity index is 1630. The van der Waals surface area contributed by atoms with Crippen LogP contribution in [0.1, 0.15) is 48.4 Å². The summed E-state index contributed by atoms with van der Waals surface area (Å²) in [6, 6.07) is 10.3. The maximum absolute atomic E-state index is 11.5. The zero-order chi connectivity index (χ0) is 23.9. The van der Waals surface area contributed by atoms with Crippen LogP contribution in [-0.2, 0) is 0 Å². The molecule has 1 aliphatic heterocycles. The first kappa shape index (κ1) is 21.1. The first-order valence-corrected chi connectivity index (χ1v) is 11.6. The van der Waals surface area contributed by atoms with Crippen molar-refractivity contribution in [1.82, 2.24) is 29.5 Å². The molecule has 176 valence electrons. The van der Waals surface area contributed by atoms with Crippen molar-refractivity contribution in [2.24, 2.45) is 4.99 Å². The highest BCUT2D eigenvalue weighted by molar-refractivity contribution is 5.57. The largest absolute Gasteiger partial charge is 0.493 e. The summed E-state index contributed by atoms with van der Waals surface area (Å²) in [5.74, 6) is 0.725. The second-order valence-electron chi connectivity index (χ2n) is 9.00. The van der Waals surface area contributed by atoms with Gasteiger partial charge in [0.1, 0.15) is 5.69 Å². The number of piperidine rings is 1. The maximum atomic E-state index is 11.5. The number of aromatic nitrogens is 6. The van der Waals surface area contributed by atoms with Gasteiger partial charge in [0.2, 0.25) is 11.8 Å². The van der Waals surface area contributed by atoms with Gasteiger partial charge in [0, 0.05) is 18.3 Å². The van der Waals surface area contributed by atoms with E-state index >= 15 is 0 Å². The molecule has 11 heteroatoms. The molecule has 1 aromatic carbocycles. The fourth-order valence-electron chi connectivity index (χ4n) is 4.49. The lowest BCUT2D eigenvalue weighted by Crippen LogP contribution is -2.36. The molecule has 2 aliphatic rings. The fourth-order valence-corrected chi connectivity index (χ4v) is 4.49. The third-order valence-corrected chi connectivity index (χ3v) is 6.51. The Labute approximate surface area is 199 Å². The highest BCUT2D eigenvalue weighted by Gasteiger charge is 2.25. The van der Waals surface area contributed by atoms with Crippen molar-refractivity contribution in [3.05, 3.63) is 68.6 Å². The molecular weight excluding hydrogens is 446 g/mol. The van der Waals surface area contributed by atoms with E-state index in [1.54, 1.807) is 16.8 Å². The van der Waals surface area contributed by atoms with Gasteiger partial charge in [-0.3, -0.25) is 4.98 Å². The standard InChI is InChI=1S/C24H23N9O2/c25-12-14-2-1-3-16(10-14)15-6-8-32(9-7-15)22-29-20-17(11-19-21(34)30-24(35)28-19)13-26-33(20)23(31-22)27-18-4-5-18/h1-3,10-11,13,15,18,34H,4-9H2,(H2,28,30,35)/b17-11+,27-23?. The number of hydrogen-bond donors (Lipinski definition) is 3. The molecule has 0 atom stereocenters. The molecule has 1 aliphatic carbocycles. The van der Waals surface area contributed by atoms with Gasteiger partial charge in [-0.1, -0.05) is 12.1 Å². The van der Waals surface area contributed by atoms with Crippen LogP contribution in [0.25, 0.3) is 11.7 Å². The minimum atomic E-state index is -0.492. The Morgan fingerprint density at radius 2 is 2.00 bits per heavy atom. The summed E-state index contributed by atoms with van der Waals surface area (Å²) in [6.45, 7) is 1.55. The van der Waals surface area contributed by atoms with Gasteiger partial charge in [0.25, 0.3) is 5.62 Å². The van der Waals surface area contributed by atoms with E-state index in [4.69, 9.17) is 15.0 Å². The summed E-state index contributed by atoms with van der Waals surface area (Å²) in [5.41, 5.74) is 2.70. The van der Waals surface area contributed by atoms with Gasteiger partial charge < -0.3 is 15.0 Å². The minimum absolute atomic E-state index is 0.242. The molecule has 11 nitrogen and oxygen atoms in total. The second-order valence-corrected chi connectivity index (χ2v) is 9.00. The fraction of sp³-hybridized carbons (Fsp3) is 0.333. The molecule has 1 saturated carbocycles. The van der Waals surface area contributed by atoms with Crippen molar-refractivity contribution in [3.8, 4) is 11.9 Å². The number of nitrogens with zero attached hydrogens (tertiary/aromatic N) is 7. The lowest BCUT2D eigenvalue weighted by Gasteiger charge is -2.32. The SMILES string of the molecule is N#Cc1cccc(C2CCN(c3nc(=NC4CC4)n4nc/c(=C\c5[nH]c(=O)[nH]c5O)c4n3)CC2)c1. The molecule has 6 rings (SSSR count). The summed E-state index contributed by atoms with van der Waals surface area (Å²) in [6.07, 6.45) is 7.17. The highest BCUT2D eigenvalue weighted by atomic mass is 16.3. The van der Waals surface area contributed by atoms with Crippen molar-refractivity contribution in [1.29, 1.82) is 5.26 Å². The van der Waals surface area contributed by atoms with Crippen molar-refractivity contribution in [2.45, 2.75) is 37.6 Å². The smallest absolute Gasteiger partial charge is 0.326 e. The van der Waals surface area contributed by atoms with Gasteiger partial charge in [-0.2, -0.15) is 24.8 Å². The predicted molar refractivity (Wildman–Crippen MR) is 127 cm³/mol. The zero-order valence-electron chi connectivity index (χ0n) is 18.8. The summed E-state index contributed by atoms with van der Waals surface area (Å²) >= 11 is 0. The number of aromatic hydroxyl groups is 1. The second kappa shape index (κ2) is 8.39. The number of anilines is 1. The van der Waals surface area contributed by atoms with Crippen molar-refractivity contribution in [3.63, 3.8) is 0 Å². The van der Waals surface area contributed by atoms with E-state index < -0.39 is 5.69 Å². The molecule has 35 heavy (non-hydrogen) atoms. The van der Waals surface area contributed by atoms with E-state index in [1.165, 1.54) is 5.56 Å². The number of aromatic amines is 2. The van der Waals surface area contributed by atoms with Gasteiger partial charge in [-0.15, -0.1) is 0 Å². The Morgan fingerprint density at radius 3 is 2.71 bits per heavy atom. The van der Waals surface area contributed by atoms with Gasteiger partial charge in [0.05, 0.1) is 23.9 Å². The number of fused-ring (bicyclic) bond motifs is 1. The highest BCUT2D eigenvalue weighted by Crippen LogP contribution is 2.29. The topological polar surface area (TPSA) is 151 Å². The number of nitrogens with one attached hydrogen (secondary N) is 2. The van der Waals surface area contributed by atoms with E-state index in [-0.39, 0.29) is 17.6 Å². The number of benzene rings is 1. The molecule has 3 aromatic heterocycles. The molecule has 1 saturated heterocycles. The summed E-state index contributed by atoms with van der Waals surface area (Å²) in [4.78, 5) is 32.9. The van der Waals surface area contributed by atoms with Crippen LogP contribution in [0.15, 0.2) is 40.2 Å². The van der Waals surface area contributed by atoms with Crippen LogP contribution in [-0.4, -0.2) is 53.8 Å². The Morgan fingerprint density at radius 1 is 1.17 bits per heavy atom. The number of nitriles is 1. The first-order chi connectivity index (χ1) is 17.1. The number of rotatable bonds is 4. The van der Waals surface area contributed by atoms with E-state index in [0.29, 0.717) is 33.9 Å². The van der Waals surface area contributed by atoms with Crippen LogP contribution in [0, 0.1) is 11.3 Å². The molecule has 0 spiro atoms. The third-order valence-electron chi connectivity index (χ3n) is 6.51. The Kier molecular flexibility index (Phi) is 5.06. The van der Waals surface area contributed by atoms with Gasteiger partial charge in [-0.25, -0.2) is 9.79 Å². The van der Waals surface area contributed by atoms with Crippen LogP contribution < -0.4 is 21.4 Å². The van der Waals surface area contributed by atoms with E-state index in [0.717, 1.165) is 38.8 Å². The third kappa shape index (κ3) is 4.14. The molecule has 0 radical (unpaired) electrons. The molecule has 4 aromatic rings. The van der Waals surface area contributed by atoms with E-state index in [1.807, 2.05) is 18.2 Å². The average molecular weight is 470 g/mol. The van der Waals surface area contributed by atoms with Crippen LogP contribution in [0.2, 0.25) is 0 Å². The van der Waals surface area contributed by atoms with E-state index in [2.05, 4.69) is 32.1 Å². The van der Waals surface area contributed by atoms with Crippen LogP contribution >= 0.6 is 0 Å². The normalized spacial score (nSPS) is 17.9. The zero-order valence-corrected chi connectivity index (χ0v) is 18.8. The van der Waals surface area contributed by atoms with Crippen molar-refractivity contribution >= 4 is 17.7 Å². The monoisotopic (exact) mass is 469 g/mol. The molecule has 4 heterocycles. The Balaban J connectivity index is 1.36. The Hall–Kier alpha value is -4.46. The lowest BCUT2D eigenvalue weighted by atomic mass is 9.89. The molecular formula is C24H23N9O2. The maximum Gasteiger partial charge on any atom is 0.326 e. The summed E-state index contributed by atoms with van der Waals surface area (Å²) in [5, 5.41) is 24.2. The van der Waals surface area contributed by atoms with Crippen LogP contribution in [0.4, 0.5) is 5.95 Å². The van der Waals surface area contributed by atoms with Crippen LogP contribution in [0.5, 0.6) is 5.88 Å².